The molecule has 10 heteroatoms. The minimum Gasteiger partial charge on any atom is -0.344 e. The Hall–Kier alpha value is -3.17. The zero-order valence-corrected chi connectivity index (χ0v) is 12.0. The van der Waals surface area contributed by atoms with Gasteiger partial charge in [0, 0.05) is 18.3 Å². The molecular weight excluding hydrogens is 329 g/mol. The van der Waals surface area contributed by atoms with Crippen molar-refractivity contribution in [3.8, 4) is 0 Å². The molecule has 0 radical (unpaired) electrons. The normalized spacial score (nSPS) is 11.0. The van der Waals surface area contributed by atoms with Gasteiger partial charge in [0.1, 0.15) is 5.69 Å². The van der Waals surface area contributed by atoms with Crippen LogP contribution in [0.25, 0.3) is 0 Å². The van der Waals surface area contributed by atoms with Gasteiger partial charge in [0.25, 0.3) is 11.5 Å². The van der Waals surface area contributed by atoms with Crippen LogP contribution in [0.1, 0.15) is 16.1 Å². The van der Waals surface area contributed by atoms with Gasteiger partial charge in [-0.15, -0.1) is 0 Å². The summed E-state index contributed by atoms with van der Waals surface area (Å²) < 4.78 is 36.4. The smallest absolute Gasteiger partial charge is 0.344 e. The van der Waals surface area contributed by atoms with Gasteiger partial charge in [-0.2, -0.15) is 18.3 Å². The van der Waals surface area contributed by atoms with Gasteiger partial charge in [-0.25, -0.2) is 5.10 Å². The molecule has 24 heavy (non-hydrogen) atoms. The third kappa shape index (κ3) is 4.66. The molecule has 0 aliphatic rings. The van der Waals surface area contributed by atoms with E-state index in [1.54, 1.807) is 5.32 Å². The van der Waals surface area contributed by atoms with Crippen molar-refractivity contribution in [3.05, 3.63) is 58.0 Å². The molecule has 2 amide bonds. The number of aromatic amines is 1. The molecule has 1 aromatic carbocycles. The number of nitrogens with zero attached hydrogens (tertiary/aromatic N) is 1. The highest BCUT2D eigenvalue weighted by molar-refractivity contribution is 6.02. The first-order valence-corrected chi connectivity index (χ1v) is 6.57. The zero-order chi connectivity index (χ0) is 17.7. The lowest BCUT2D eigenvalue weighted by molar-refractivity contribution is -0.173. The number of hydrogen-bond acceptors (Lipinski definition) is 4. The zero-order valence-electron chi connectivity index (χ0n) is 12.0. The maximum atomic E-state index is 12.1. The van der Waals surface area contributed by atoms with Gasteiger partial charge in [-0.05, 0) is 23.8 Å². The van der Waals surface area contributed by atoms with E-state index in [1.165, 1.54) is 30.3 Å². The minimum absolute atomic E-state index is 0.0367. The number of anilines is 1. The molecule has 7 nitrogen and oxygen atoms in total. The van der Waals surface area contributed by atoms with Crippen LogP contribution in [-0.4, -0.2) is 28.2 Å². The molecule has 126 valence electrons. The van der Waals surface area contributed by atoms with Crippen LogP contribution in [0.5, 0.6) is 0 Å². The SMILES string of the molecule is O=C(Nc1cccc(CNC(=O)C(F)(F)F)c1)c1ccc(=O)[nH]n1. The average molecular weight is 340 g/mol. The number of halogens is 3. The lowest BCUT2D eigenvalue weighted by atomic mass is 10.2. The molecule has 0 atom stereocenters. The summed E-state index contributed by atoms with van der Waals surface area (Å²) in [6.07, 6.45) is -4.96. The fourth-order valence-corrected chi connectivity index (χ4v) is 1.71. The van der Waals surface area contributed by atoms with Crippen LogP contribution in [0.4, 0.5) is 18.9 Å². The Morgan fingerprint density at radius 2 is 1.92 bits per heavy atom. The topological polar surface area (TPSA) is 104 Å². The van der Waals surface area contributed by atoms with Crippen LogP contribution in [0.3, 0.4) is 0 Å². The second-order valence-electron chi connectivity index (χ2n) is 4.64. The van der Waals surface area contributed by atoms with E-state index >= 15 is 0 Å². The maximum Gasteiger partial charge on any atom is 0.471 e. The number of carbonyl (C=O) groups excluding carboxylic acids is 2. The first-order valence-electron chi connectivity index (χ1n) is 6.57. The number of amides is 2. The second-order valence-corrected chi connectivity index (χ2v) is 4.64. The van der Waals surface area contributed by atoms with Crippen LogP contribution in [0.2, 0.25) is 0 Å². The molecule has 3 N–H and O–H groups in total. The third-order valence-electron chi connectivity index (χ3n) is 2.81. The fraction of sp³-hybridized carbons (Fsp3) is 0.143. The van der Waals surface area contributed by atoms with Gasteiger partial charge in [-0.1, -0.05) is 12.1 Å². The molecule has 0 saturated heterocycles. The molecule has 0 fully saturated rings. The molecule has 0 saturated carbocycles. The van der Waals surface area contributed by atoms with E-state index in [0.717, 1.165) is 6.07 Å². The van der Waals surface area contributed by atoms with E-state index in [9.17, 15) is 27.6 Å². The average Bonchev–Trinajstić information content (AvgIpc) is 2.52. The summed E-state index contributed by atoms with van der Waals surface area (Å²) in [4.78, 5) is 33.6. The first kappa shape index (κ1) is 17.2. The number of alkyl halides is 3. The number of aromatic nitrogens is 2. The fourth-order valence-electron chi connectivity index (χ4n) is 1.71. The Bertz CT molecular complexity index is 797. The summed E-state index contributed by atoms with van der Waals surface area (Å²) in [6.45, 7) is -0.348. The van der Waals surface area contributed by atoms with E-state index < -0.39 is 23.5 Å². The highest BCUT2D eigenvalue weighted by Gasteiger charge is 2.38. The van der Waals surface area contributed by atoms with Gasteiger partial charge in [0.05, 0.1) is 0 Å². The first-order chi connectivity index (χ1) is 11.3. The summed E-state index contributed by atoms with van der Waals surface area (Å²) in [7, 11) is 0. The Morgan fingerprint density at radius 3 is 2.54 bits per heavy atom. The molecule has 2 rings (SSSR count). The number of rotatable bonds is 4. The van der Waals surface area contributed by atoms with Crippen molar-refractivity contribution in [3.63, 3.8) is 0 Å². The lowest BCUT2D eigenvalue weighted by Gasteiger charge is -2.09. The Morgan fingerprint density at radius 1 is 1.17 bits per heavy atom. The van der Waals surface area contributed by atoms with Gasteiger partial charge < -0.3 is 10.6 Å². The quantitative estimate of drug-likeness (QED) is 0.778. The summed E-state index contributed by atoms with van der Waals surface area (Å²) in [6, 6.07) is 8.26. The Balaban J connectivity index is 2.02. The molecule has 2 aromatic rings. The molecule has 0 aliphatic heterocycles. The van der Waals surface area contributed by atoms with Crippen LogP contribution in [0, 0.1) is 0 Å². The van der Waals surface area contributed by atoms with E-state index in [2.05, 4.69) is 15.5 Å². The van der Waals surface area contributed by atoms with Gasteiger partial charge in [0.15, 0.2) is 0 Å². The molecule has 1 aromatic heterocycles. The van der Waals surface area contributed by atoms with Crippen molar-refractivity contribution in [2.24, 2.45) is 0 Å². The third-order valence-corrected chi connectivity index (χ3v) is 2.81. The predicted octanol–water partition coefficient (Wildman–Crippen LogP) is 1.20. The van der Waals surface area contributed by atoms with Crippen molar-refractivity contribution in [1.82, 2.24) is 15.5 Å². The number of carbonyl (C=O) groups is 2. The van der Waals surface area contributed by atoms with Crippen molar-refractivity contribution in [2.45, 2.75) is 12.7 Å². The van der Waals surface area contributed by atoms with Crippen LogP contribution in [0.15, 0.2) is 41.2 Å². The van der Waals surface area contributed by atoms with E-state index in [1.807, 2.05) is 0 Å². The summed E-state index contributed by atoms with van der Waals surface area (Å²) in [5.74, 6) is -2.66. The van der Waals surface area contributed by atoms with E-state index in [-0.39, 0.29) is 12.2 Å². The Kier molecular flexibility index (Phi) is 4.97. The highest BCUT2D eigenvalue weighted by atomic mass is 19.4. The minimum atomic E-state index is -4.96. The van der Waals surface area contributed by atoms with Gasteiger partial charge >= 0.3 is 12.1 Å². The van der Waals surface area contributed by atoms with Gasteiger partial charge in [-0.3, -0.25) is 14.4 Å². The van der Waals surface area contributed by atoms with Gasteiger partial charge in [0.2, 0.25) is 0 Å². The summed E-state index contributed by atoms with van der Waals surface area (Å²) in [5, 5.41) is 9.86. The van der Waals surface area contributed by atoms with Crippen molar-refractivity contribution < 1.29 is 22.8 Å². The monoisotopic (exact) mass is 340 g/mol. The lowest BCUT2D eigenvalue weighted by Crippen LogP contribution is -2.36. The van der Waals surface area contributed by atoms with E-state index in [0.29, 0.717) is 11.3 Å². The predicted molar refractivity (Wildman–Crippen MR) is 77.2 cm³/mol. The molecule has 0 unspecified atom stereocenters. The number of nitrogens with one attached hydrogen (secondary N) is 3. The molecule has 0 spiro atoms. The van der Waals surface area contributed by atoms with Crippen molar-refractivity contribution in [1.29, 1.82) is 0 Å². The molecule has 0 bridgehead atoms. The number of benzene rings is 1. The largest absolute Gasteiger partial charge is 0.471 e. The number of hydrogen-bond donors (Lipinski definition) is 3. The maximum absolute atomic E-state index is 12.1. The second kappa shape index (κ2) is 6.94. The molecule has 0 aliphatic carbocycles. The van der Waals surface area contributed by atoms with Crippen molar-refractivity contribution in [2.75, 3.05) is 5.32 Å². The highest BCUT2D eigenvalue weighted by Crippen LogP contribution is 2.15. The standard InChI is InChI=1S/C14H11F3N4O3/c15-14(16,17)13(24)18-7-8-2-1-3-9(6-8)19-12(23)10-4-5-11(22)21-20-10/h1-6H,7H2,(H,18,24)(H,19,23)(H,21,22). The van der Waals surface area contributed by atoms with Crippen LogP contribution >= 0.6 is 0 Å². The van der Waals surface area contributed by atoms with E-state index in [4.69, 9.17) is 0 Å². The van der Waals surface area contributed by atoms with Crippen LogP contribution in [-0.2, 0) is 11.3 Å². The summed E-state index contributed by atoms with van der Waals surface area (Å²) >= 11 is 0. The Labute approximate surface area is 132 Å². The molecular formula is C14H11F3N4O3. The van der Waals surface area contributed by atoms with Crippen molar-refractivity contribution >= 4 is 17.5 Å². The van der Waals surface area contributed by atoms with Crippen LogP contribution < -0.4 is 16.2 Å². The molecule has 1 heterocycles. The summed E-state index contributed by atoms with van der Waals surface area (Å²) in [5.41, 5.74) is 0.158. The number of H-pyrrole nitrogens is 1.